The van der Waals surface area contributed by atoms with Gasteiger partial charge in [0, 0.05) is 24.3 Å². The molecule has 1 aliphatic rings. The first-order valence-electron chi connectivity index (χ1n) is 7.17. The number of carbonyl (C=O) groups excluding carboxylic acids is 1. The van der Waals surface area contributed by atoms with Crippen LogP contribution in [0.15, 0.2) is 24.3 Å². The van der Waals surface area contributed by atoms with Gasteiger partial charge >= 0.3 is 0 Å². The zero-order valence-corrected chi connectivity index (χ0v) is 13.2. The largest absolute Gasteiger partial charge is 0.342 e. The third kappa shape index (κ3) is 3.59. The number of hydrogen-bond acceptors (Lipinski definition) is 1. The summed E-state index contributed by atoms with van der Waals surface area (Å²) in [6, 6.07) is 8.53. The summed E-state index contributed by atoms with van der Waals surface area (Å²) < 4.78 is 0. The van der Waals surface area contributed by atoms with E-state index in [-0.39, 0.29) is 5.92 Å². The van der Waals surface area contributed by atoms with E-state index in [1.54, 1.807) is 0 Å². The predicted octanol–water partition coefficient (Wildman–Crippen LogP) is 3.43. The summed E-state index contributed by atoms with van der Waals surface area (Å²) in [7, 11) is 0. The number of fused-ring (bicyclic) bond motifs is 1. The van der Waals surface area contributed by atoms with Gasteiger partial charge in [-0.1, -0.05) is 47.1 Å². The van der Waals surface area contributed by atoms with Crippen LogP contribution in [0.5, 0.6) is 0 Å². The van der Waals surface area contributed by atoms with Gasteiger partial charge in [0.15, 0.2) is 0 Å². The van der Waals surface area contributed by atoms with Gasteiger partial charge in [0.2, 0.25) is 5.91 Å². The van der Waals surface area contributed by atoms with Crippen LogP contribution in [0.1, 0.15) is 30.9 Å². The lowest BCUT2D eigenvalue weighted by atomic mass is 9.83. The number of amides is 1. The van der Waals surface area contributed by atoms with E-state index in [4.69, 9.17) is 0 Å². The minimum atomic E-state index is 0.181. The van der Waals surface area contributed by atoms with E-state index in [1.165, 1.54) is 11.1 Å². The third-order valence-electron chi connectivity index (χ3n) is 3.86. The first kappa shape index (κ1) is 14.6. The molecule has 0 aliphatic heterocycles. The Bertz CT molecular complexity index is 427. The molecule has 1 aromatic rings. The summed E-state index contributed by atoms with van der Waals surface area (Å²) >= 11 is 3.44. The van der Waals surface area contributed by atoms with E-state index in [0.717, 1.165) is 44.1 Å². The minimum absolute atomic E-state index is 0.181. The second-order valence-electron chi connectivity index (χ2n) is 5.22. The fourth-order valence-electron chi connectivity index (χ4n) is 2.87. The minimum Gasteiger partial charge on any atom is -0.342 e. The molecule has 0 saturated heterocycles. The van der Waals surface area contributed by atoms with Crippen molar-refractivity contribution in [2.45, 2.75) is 32.6 Å². The molecule has 104 valence electrons. The molecule has 0 saturated carbocycles. The number of alkyl halides is 1. The third-order valence-corrected chi connectivity index (χ3v) is 4.21. The fraction of sp³-hybridized carbons (Fsp3) is 0.562. The summed E-state index contributed by atoms with van der Waals surface area (Å²) in [5.41, 5.74) is 2.79. The molecule has 3 heteroatoms. The van der Waals surface area contributed by atoms with Gasteiger partial charge in [0.25, 0.3) is 0 Å². The van der Waals surface area contributed by atoms with E-state index in [9.17, 15) is 4.79 Å². The van der Waals surface area contributed by atoms with Crippen LogP contribution in [-0.4, -0.2) is 29.2 Å². The van der Waals surface area contributed by atoms with Gasteiger partial charge < -0.3 is 4.90 Å². The van der Waals surface area contributed by atoms with Crippen LogP contribution in [0.25, 0.3) is 0 Å². The van der Waals surface area contributed by atoms with Crippen LogP contribution < -0.4 is 0 Å². The van der Waals surface area contributed by atoms with Crippen molar-refractivity contribution in [3.63, 3.8) is 0 Å². The molecule has 1 unspecified atom stereocenters. The van der Waals surface area contributed by atoms with Crippen molar-refractivity contribution in [2.75, 3.05) is 18.4 Å². The molecule has 2 rings (SSSR count). The Morgan fingerprint density at radius 3 is 2.74 bits per heavy atom. The van der Waals surface area contributed by atoms with Crippen LogP contribution in [0.3, 0.4) is 0 Å². The lowest BCUT2D eigenvalue weighted by Crippen LogP contribution is -2.40. The van der Waals surface area contributed by atoms with Gasteiger partial charge in [-0.25, -0.2) is 0 Å². The molecule has 0 aromatic heterocycles. The van der Waals surface area contributed by atoms with Crippen molar-refractivity contribution >= 4 is 21.8 Å². The standard InChI is InChI=1S/C16H22BrNO/c1-2-10-18(11-9-17)16(19)15-8-7-13-5-3-4-6-14(13)12-15/h3-6,15H,2,7-12H2,1H3. The van der Waals surface area contributed by atoms with Crippen LogP contribution in [-0.2, 0) is 17.6 Å². The van der Waals surface area contributed by atoms with Crippen LogP contribution in [0.4, 0.5) is 0 Å². The van der Waals surface area contributed by atoms with E-state index in [0.29, 0.717) is 5.91 Å². The lowest BCUT2D eigenvalue weighted by molar-refractivity contribution is -0.135. The van der Waals surface area contributed by atoms with Crippen LogP contribution in [0.2, 0.25) is 0 Å². The molecule has 0 radical (unpaired) electrons. The van der Waals surface area contributed by atoms with Crippen molar-refractivity contribution in [3.8, 4) is 0 Å². The van der Waals surface area contributed by atoms with E-state index in [2.05, 4.69) is 47.1 Å². The Kier molecular flexibility index (Phi) is 5.44. The maximum absolute atomic E-state index is 12.6. The molecule has 1 amide bonds. The summed E-state index contributed by atoms with van der Waals surface area (Å²) in [4.78, 5) is 14.6. The summed E-state index contributed by atoms with van der Waals surface area (Å²) in [6.07, 6.45) is 3.98. The Morgan fingerprint density at radius 2 is 2.05 bits per heavy atom. The summed E-state index contributed by atoms with van der Waals surface area (Å²) in [5, 5.41) is 0.863. The molecular formula is C16H22BrNO. The van der Waals surface area contributed by atoms with Crippen molar-refractivity contribution < 1.29 is 4.79 Å². The highest BCUT2D eigenvalue weighted by Gasteiger charge is 2.27. The monoisotopic (exact) mass is 323 g/mol. The number of halogens is 1. The number of aryl methyl sites for hydroxylation is 1. The molecule has 0 N–H and O–H groups in total. The number of carbonyl (C=O) groups is 1. The lowest BCUT2D eigenvalue weighted by Gasteiger charge is -2.29. The maximum atomic E-state index is 12.6. The fourth-order valence-corrected chi connectivity index (χ4v) is 3.30. The predicted molar refractivity (Wildman–Crippen MR) is 82.6 cm³/mol. The molecule has 0 heterocycles. The average molecular weight is 324 g/mol. The highest BCUT2D eigenvalue weighted by molar-refractivity contribution is 9.09. The van der Waals surface area contributed by atoms with Gasteiger partial charge in [0.05, 0.1) is 0 Å². The number of nitrogens with zero attached hydrogens (tertiary/aromatic N) is 1. The molecule has 1 aliphatic carbocycles. The Morgan fingerprint density at radius 1 is 1.32 bits per heavy atom. The molecule has 19 heavy (non-hydrogen) atoms. The van der Waals surface area contributed by atoms with Crippen molar-refractivity contribution in [3.05, 3.63) is 35.4 Å². The molecule has 1 atom stereocenters. The van der Waals surface area contributed by atoms with Gasteiger partial charge in [-0.2, -0.15) is 0 Å². The number of benzene rings is 1. The van der Waals surface area contributed by atoms with Crippen molar-refractivity contribution in [2.24, 2.45) is 5.92 Å². The summed E-state index contributed by atoms with van der Waals surface area (Å²) in [6.45, 7) is 3.83. The SMILES string of the molecule is CCCN(CCBr)C(=O)C1CCc2ccccc2C1. The van der Waals surface area contributed by atoms with Gasteiger partial charge in [-0.15, -0.1) is 0 Å². The maximum Gasteiger partial charge on any atom is 0.226 e. The quantitative estimate of drug-likeness (QED) is 0.760. The highest BCUT2D eigenvalue weighted by Crippen LogP contribution is 2.26. The van der Waals surface area contributed by atoms with Gasteiger partial charge in [-0.05, 0) is 36.8 Å². The molecule has 1 aromatic carbocycles. The van der Waals surface area contributed by atoms with E-state index in [1.807, 2.05) is 4.90 Å². The molecular weight excluding hydrogens is 302 g/mol. The van der Waals surface area contributed by atoms with E-state index >= 15 is 0 Å². The zero-order chi connectivity index (χ0) is 13.7. The van der Waals surface area contributed by atoms with Crippen LogP contribution >= 0.6 is 15.9 Å². The van der Waals surface area contributed by atoms with E-state index < -0.39 is 0 Å². The first-order valence-corrected chi connectivity index (χ1v) is 8.30. The summed E-state index contributed by atoms with van der Waals surface area (Å²) in [5.74, 6) is 0.524. The Labute approximate surface area is 124 Å². The van der Waals surface area contributed by atoms with Gasteiger partial charge in [-0.3, -0.25) is 4.79 Å². The second kappa shape index (κ2) is 7.09. The highest BCUT2D eigenvalue weighted by atomic mass is 79.9. The number of hydrogen-bond donors (Lipinski definition) is 0. The number of rotatable bonds is 5. The zero-order valence-electron chi connectivity index (χ0n) is 11.6. The van der Waals surface area contributed by atoms with Crippen LogP contribution in [0, 0.1) is 5.92 Å². The Hall–Kier alpha value is -0.830. The topological polar surface area (TPSA) is 20.3 Å². The molecule has 2 nitrogen and oxygen atoms in total. The van der Waals surface area contributed by atoms with Crippen molar-refractivity contribution in [1.82, 2.24) is 4.90 Å². The second-order valence-corrected chi connectivity index (χ2v) is 6.02. The first-order chi connectivity index (χ1) is 9.26. The van der Waals surface area contributed by atoms with Gasteiger partial charge in [0.1, 0.15) is 0 Å². The van der Waals surface area contributed by atoms with Crippen molar-refractivity contribution in [1.29, 1.82) is 0 Å². The smallest absolute Gasteiger partial charge is 0.226 e. The Balaban J connectivity index is 2.04. The molecule has 0 spiro atoms. The molecule has 0 bridgehead atoms. The molecule has 0 fully saturated rings. The average Bonchev–Trinajstić information content (AvgIpc) is 2.46. The normalized spacial score (nSPS) is 17.9.